The molecule has 0 saturated heterocycles. The zero-order chi connectivity index (χ0) is 20.1. The molecule has 0 aliphatic rings. The maximum atomic E-state index is 12.1. The lowest BCUT2D eigenvalue weighted by molar-refractivity contribution is -0.385. The fourth-order valence-corrected chi connectivity index (χ4v) is 2.41. The van der Waals surface area contributed by atoms with Gasteiger partial charge in [-0.1, -0.05) is 6.07 Å². The van der Waals surface area contributed by atoms with E-state index in [0.29, 0.717) is 11.1 Å². The van der Waals surface area contributed by atoms with Gasteiger partial charge in [0.05, 0.1) is 4.92 Å². The minimum absolute atomic E-state index is 0.00838. The number of ether oxygens (including phenoxy) is 2. The number of hydrogen-bond donors (Lipinski definition) is 0. The first-order valence-corrected chi connectivity index (χ1v) is 8.14. The van der Waals surface area contributed by atoms with Crippen molar-refractivity contribution in [2.75, 3.05) is 14.1 Å². The molecule has 0 unspecified atom stereocenters. The molecule has 142 valence electrons. The Morgan fingerprint density at radius 2 is 1.85 bits per heavy atom. The number of nitro groups is 1. The second-order valence-electron chi connectivity index (χ2n) is 6.07. The van der Waals surface area contributed by atoms with E-state index >= 15 is 0 Å². The van der Waals surface area contributed by atoms with Crippen LogP contribution in [0.3, 0.4) is 0 Å². The van der Waals surface area contributed by atoms with E-state index in [0.717, 1.165) is 0 Å². The number of rotatable bonds is 6. The van der Waals surface area contributed by atoms with Gasteiger partial charge in [0.25, 0.3) is 5.91 Å². The maximum absolute atomic E-state index is 12.1. The molecule has 0 aromatic heterocycles. The Hall–Kier alpha value is -3.42. The fraction of sp³-hybridized carbons (Fsp3) is 0.263. The van der Waals surface area contributed by atoms with E-state index in [1.54, 1.807) is 39.2 Å². The van der Waals surface area contributed by atoms with Gasteiger partial charge in [0.15, 0.2) is 0 Å². The number of hydrogen-bond acceptors (Lipinski definition) is 6. The minimum Gasteiger partial charge on any atom is -0.458 e. The van der Waals surface area contributed by atoms with Crippen LogP contribution in [0.15, 0.2) is 42.5 Å². The Labute approximate surface area is 156 Å². The van der Waals surface area contributed by atoms with Gasteiger partial charge in [-0.15, -0.1) is 0 Å². The van der Waals surface area contributed by atoms with Crippen molar-refractivity contribution in [3.8, 4) is 11.5 Å². The third-order valence-electron chi connectivity index (χ3n) is 3.71. The maximum Gasteiger partial charge on any atom is 0.311 e. The van der Waals surface area contributed by atoms with Crippen LogP contribution in [0.2, 0.25) is 0 Å². The van der Waals surface area contributed by atoms with Gasteiger partial charge in [-0.3, -0.25) is 19.7 Å². The third-order valence-corrected chi connectivity index (χ3v) is 3.71. The highest BCUT2D eigenvalue weighted by atomic mass is 16.6. The van der Waals surface area contributed by atoms with Crippen LogP contribution in [0.25, 0.3) is 0 Å². The second kappa shape index (κ2) is 8.31. The van der Waals surface area contributed by atoms with E-state index in [-0.39, 0.29) is 23.1 Å². The number of carbonyl (C=O) groups excluding carboxylic acids is 2. The van der Waals surface area contributed by atoms with Crippen molar-refractivity contribution in [1.29, 1.82) is 0 Å². The van der Waals surface area contributed by atoms with E-state index in [9.17, 15) is 19.7 Å². The largest absolute Gasteiger partial charge is 0.458 e. The lowest BCUT2D eigenvalue weighted by Crippen LogP contribution is -2.21. The smallest absolute Gasteiger partial charge is 0.311 e. The van der Waals surface area contributed by atoms with E-state index < -0.39 is 17.0 Å². The lowest BCUT2D eigenvalue weighted by Gasteiger charge is -2.15. The van der Waals surface area contributed by atoms with Crippen LogP contribution in [0.5, 0.6) is 11.5 Å². The van der Waals surface area contributed by atoms with E-state index in [4.69, 9.17) is 9.47 Å². The normalized spacial score (nSPS) is 11.4. The van der Waals surface area contributed by atoms with Crippen molar-refractivity contribution in [3.63, 3.8) is 0 Å². The second-order valence-corrected chi connectivity index (χ2v) is 6.07. The van der Waals surface area contributed by atoms with Crippen molar-refractivity contribution >= 4 is 17.6 Å². The van der Waals surface area contributed by atoms with Crippen LogP contribution in [0.4, 0.5) is 5.69 Å². The Morgan fingerprint density at radius 3 is 2.44 bits per heavy atom. The highest BCUT2D eigenvalue weighted by molar-refractivity contribution is 5.94. The number of carbonyl (C=O) groups is 2. The van der Waals surface area contributed by atoms with Crippen LogP contribution >= 0.6 is 0 Å². The van der Waals surface area contributed by atoms with Gasteiger partial charge in [0.2, 0.25) is 5.75 Å². The standard InChI is InChI=1S/C19H20N2O6/c1-12(26-13(2)22)14-8-9-17(21(24)25)18(11-14)27-16-7-5-6-15(10-16)19(23)20(3)4/h5-12H,1-4H3/t12-/m0/s1. The molecule has 8 nitrogen and oxygen atoms in total. The quantitative estimate of drug-likeness (QED) is 0.435. The van der Waals surface area contributed by atoms with Gasteiger partial charge >= 0.3 is 11.7 Å². The molecule has 0 spiro atoms. The zero-order valence-electron chi connectivity index (χ0n) is 15.5. The summed E-state index contributed by atoms with van der Waals surface area (Å²) >= 11 is 0. The van der Waals surface area contributed by atoms with Crippen molar-refractivity contribution in [1.82, 2.24) is 4.90 Å². The Morgan fingerprint density at radius 1 is 1.15 bits per heavy atom. The molecule has 0 aliphatic carbocycles. The summed E-state index contributed by atoms with van der Waals surface area (Å²) in [5.74, 6) is -0.403. The summed E-state index contributed by atoms with van der Waals surface area (Å²) in [6.45, 7) is 2.94. The van der Waals surface area contributed by atoms with Gasteiger partial charge in [0, 0.05) is 32.6 Å². The topological polar surface area (TPSA) is 99.0 Å². The highest BCUT2D eigenvalue weighted by Gasteiger charge is 2.20. The van der Waals surface area contributed by atoms with Gasteiger partial charge in [0.1, 0.15) is 11.9 Å². The number of nitrogens with zero attached hydrogens (tertiary/aromatic N) is 2. The lowest BCUT2D eigenvalue weighted by atomic mass is 10.1. The SMILES string of the molecule is CC(=O)O[C@@H](C)c1ccc([N+](=O)[O-])c(Oc2cccc(C(=O)N(C)C)c2)c1. The predicted molar refractivity (Wildman–Crippen MR) is 97.8 cm³/mol. The van der Waals surface area contributed by atoms with Crippen molar-refractivity contribution < 1.29 is 24.0 Å². The minimum atomic E-state index is -0.590. The summed E-state index contributed by atoms with van der Waals surface area (Å²) in [5.41, 5.74) is 0.703. The monoisotopic (exact) mass is 372 g/mol. The molecule has 2 aromatic rings. The molecule has 0 N–H and O–H groups in total. The predicted octanol–water partition coefficient (Wildman–Crippen LogP) is 3.71. The molecule has 0 radical (unpaired) electrons. The number of amides is 1. The van der Waals surface area contributed by atoms with E-state index in [1.165, 1.54) is 36.1 Å². The van der Waals surface area contributed by atoms with Crippen molar-refractivity contribution in [2.24, 2.45) is 0 Å². The van der Waals surface area contributed by atoms with Crippen LogP contribution in [0, 0.1) is 10.1 Å². The summed E-state index contributed by atoms with van der Waals surface area (Å²) in [6.07, 6.45) is -0.590. The summed E-state index contributed by atoms with van der Waals surface area (Å²) < 4.78 is 10.8. The van der Waals surface area contributed by atoms with Crippen LogP contribution < -0.4 is 4.74 Å². The van der Waals surface area contributed by atoms with E-state index in [1.807, 2.05) is 0 Å². The summed E-state index contributed by atoms with van der Waals surface area (Å²) in [4.78, 5) is 35.4. The molecule has 8 heteroatoms. The Bertz CT molecular complexity index is 878. The van der Waals surface area contributed by atoms with Crippen molar-refractivity contribution in [2.45, 2.75) is 20.0 Å². The van der Waals surface area contributed by atoms with Crippen LogP contribution in [-0.2, 0) is 9.53 Å². The van der Waals surface area contributed by atoms with E-state index in [2.05, 4.69) is 0 Å². The molecular formula is C19H20N2O6. The average Bonchev–Trinajstić information content (AvgIpc) is 2.60. The number of esters is 1. The first kappa shape index (κ1) is 19.9. The molecule has 0 bridgehead atoms. The zero-order valence-corrected chi connectivity index (χ0v) is 15.5. The average molecular weight is 372 g/mol. The molecule has 0 aliphatic heterocycles. The van der Waals surface area contributed by atoms with Gasteiger partial charge in [-0.05, 0) is 42.8 Å². The van der Waals surface area contributed by atoms with Gasteiger partial charge in [-0.25, -0.2) is 0 Å². The first-order valence-electron chi connectivity index (χ1n) is 8.14. The van der Waals surface area contributed by atoms with Crippen molar-refractivity contribution in [3.05, 3.63) is 63.7 Å². The Kier molecular flexibility index (Phi) is 6.12. The van der Waals surface area contributed by atoms with Crippen LogP contribution in [-0.4, -0.2) is 35.8 Å². The molecule has 2 aromatic carbocycles. The summed E-state index contributed by atoms with van der Waals surface area (Å²) in [6, 6.07) is 10.6. The molecule has 0 saturated carbocycles. The fourth-order valence-electron chi connectivity index (χ4n) is 2.41. The molecule has 0 fully saturated rings. The number of benzene rings is 2. The third kappa shape index (κ3) is 5.04. The summed E-state index contributed by atoms with van der Waals surface area (Å²) in [7, 11) is 3.25. The van der Waals surface area contributed by atoms with Gasteiger partial charge < -0.3 is 14.4 Å². The van der Waals surface area contributed by atoms with Crippen LogP contribution in [0.1, 0.15) is 35.9 Å². The highest BCUT2D eigenvalue weighted by Crippen LogP contribution is 2.34. The number of nitro benzene ring substituents is 1. The van der Waals surface area contributed by atoms with Gasteiger partial charge in [-0.2, -0.15) is 0 Å². The molecule has 27 heavy (non-hydrogen) atoms. The molecule has 1 amide bonds. The summed E-state index contributed by atoms with van der Waals surface area (Å²) in [5, 5.41) is 11.3. The molecule has 1 atom stereocenters. The molecule has 0 heterocycles. The first-order chi connectivity index (χ1) is 12.7. The molecular weight excluding hydrogens is 352 g/mol. The molecule has 2 rings (SSSR count). The Balaban J connectivity index is 2.39.